The number of nitrogens with zero attached hydrogens (tertiary/aromatic N) is 1. The molecule has 7 nitrogen and oxygen atoms in total. The van der Waals surface area contributed by atoms with E-state index in [4.69, 9.17) is 9.47 Å². The molecule has 2 N–H and O–H groups in total. The van der Waals surface area contributed by atoms with Crippen molar-refractivity contribution in [1.29, 1.82) is 0 Å². The van der Waals surface area contributed by atoms with Gasteiger partial charge in [-0.2, -0.15) is 0 Å². The van der Waals surface area contributed by atoms with Gasteiger partial charge in [-0.15, -0.1) is 0 Å². The molecule has 0 saturated carbocycles. The monoisotopic (exact) mass is 451 g/mol. The summed E-state index contributed by atoms with van der Waals surface area (Å²) in [5.74, 6) is 0.291. The lowest BCUT2D eigenvalue weighted by Gasteiger charge is -2.32. The fraction of sp³-hybridized carbons (Fsp3) is 0.385. The van der Waals surface area contributed by atoms with Crippen LogP contribution in [0.3, 0.4) is 0 Å². The summed E-state index contributed by atoms with van der Waals surface area (Å²) < 4.78 is 11.1. The van der Waals surface area contributed by atoms with E-state index >= 15 is 0 Å². The molecule has 176 valence electrons. The van der Waals surface area contributed by atoms with E-state index in [2.05, 4.69) is 34.6 Å². The van der Waals surface area contributed by atoms with Gasteiger partial charge in [-0.1, -0.05) is 49.4 Å². The number of nitrogens with one attached hydrogen (secondary N) is 2. The minimum absolute atomic E-state index is 0.0562. The number of carbonyl (C=O) groups is 2. The molecular weight excluding hydrogens is 418 g/mol. The number of amides is 2. The summed E-state index contributed by atoms with van der Waals surface area (Å²) in [5, 5.41) is 5.74. The van der Waals surface area contributed by atoms with Crippen LogP contribution in [0, 0.1) is 0 Å². The molecule has 1 aliphatic rings. The predicted molar refractivity (Wildman–Crippen MR) is 128 cm³/mol. The Balaban J connectivity index is 1.94. The van der Waals surface area contributed by atoms with E-state index < -0.39 is 12.0 Å². The first-order valence-corrected chi connectivity index (χ1v) is 11.4. The van der Waals surface area contributed by atoms with Crippen LogP contribution in [0.5, 0.6) is 5.75 Å². The second-order valence-corrected chi connectivity index (χ2v) is 8.17. The number of hydrogen-bond donors (Lipinski definition) is 2. The van der Waals surface area contributed by atoms with Crippen molar-refractivity contribution < 1.29 is 19.1 Å². The zero-order chi connectivity index (χ0) is 23.8. The highest BCUT2D eigenvalue weighted by Crippen LogP contribution is 2.29. The summed E-state index contributed by atoms with van der Waals surface area (Å²) in [6.45, 7) is 9.87. The van der Waals surface area contributed by atoms with Gasteiger partial charge in [0.2, 0.25) is 0 Å². The van der Waals surface area contributed by atoms with Gasteiger partial charge in [0.1, 0.15) is 5.75 Å². The summed E-state index contributed by atoms with van der Waals surface area (Å²) in [5.41, 5.74) is 2.92. The van der Waals surface area contributed by atoms with Crippen LogP contribution in [0.2, 0.25) is 0 Å². The van der Waals surface area contributed by atoms with Gasteiger partial charge in [-0.05, 0) is 50.6 Å². The zero-order valence-electron chi connectivity index (χ0n) is 19.8. The number of urea groups is 1. The Kier molecular flexibility index (Phi) is 8.49. The van der Waals surface area contributed by atoms with Gasteiger partial charge in [0.15, 0.2) is 0 Å². The summed E-state index contributed by atoms with van der Waals surface area (Å²) >= 11 is 0. The zero-order valence-corrected chi connectivity index (χ0v) is 19.8. The van der Waals surface area contributed by atoms with Crippen molar-refractivity contribution in [3.8, 4) is 5.75 Å². The van der Waals surface area contributed by atoms with Crippen LogP contribution in [-0.2, 0) is 16.1 Å². The number of benzene rings is 2. The molecule has 0 unspecified atom stereocenters. The lowest BCUT2D eigenvalue weighted by molar-refractivity contribution is -0.139. The number of likely N-dealkylation sites (N-methyl/N-ethyl adjacent to an activating group) is 1. The van der Waals surface area contributed by atoms with E-state index in [-0.39, 0.29) is 18.7 Å². The van der Waals surface area contributed by atoms with Crippen LogP contribution in [0.25, 0.3) is 0 Å². The lowest BCUT2D eigenvalue weighted by Crippen LogP contribution is -2.48. The molecule has 0 aliphatic carbocycles. The van der Waals surface area contributed by atoms with Crippen molar-refractivity contribution in [1.82, 2.24) is 15.5 Å². The largest absolute Gasteiger partial charge is 0.491 e. The molecular formula is C26H33N3O4. The number of esters is 1. The maximum Gasteiger partial charge on any atom is 0.338 e. The standard InChI is InChI=1S/C26H33N3O4/c1-5-29(16-19-10-8-7-9-11-19)17-22-23(25(30)32-6-2)24(28-26(31)27-22)20-12-14-21(15-13-20)33-18(3)4/h7-15,18,24H,5-6,16-17H2,1-4H3,(H2,27,28,31)/t24-/m0/s1. The normalized spacial score (nSPS) is 15.9. The molecule has 2 aromatic carbocycles. The molecule has 0 bridgehead atoms. The summed E-state index contributed by atoms with van der Waals surface area (Å²) in [7, 11) is 0. The predicted octanol–water partition coefficient (Wildman–Crippen LogP) is 4.17. The Morgan fingerprint density at radius 1 is 1.03 bits per heavy atom. The molecule has 1 aliphatic heterocycles. The van der Waals surface area contributed by atoms with Crippen molar-refractivity contribution in [2.75, 3.05) is 19.7 Å². The molecule has 33 heavy (non-hydrogen) atoms. The highest BCUT2D eigenvalue weighted by molar-refractivity contribution is 5.95. The van der Waals surface area contributed by atoms with Gasteiger partial charge in [0, 0.05) is 18.8 Å². The van der Waals surface area contributed by atoms with E-state index in [9.17, 15) is 9.59 Å². The Bertz CT molecular complexity index is 971. The van der Waals surface area contributed by atoms with E-state index in [1.807, 2.05) is 56.3 Å². The van der Waals surface area contributed by atoms with Crippen LogP contribution in [0.1, 0.15) is 44.9 Å². The highest BCUT2D eigenvalue weighted by atomic mass is 16.5. The van der Waals surface area contributed by atoms with Gasteiger partial charge in [0.25, 0.3) is 0 Å². The smallest absolute Gasteiger partial charge is 0.338 e. The highest BCUT2D eigenvalue weighted by Gasteiger charge is 2.34. The topological polar surface area (TPSA) is 79.9 Å². The van der Waals surface area contributed by atoms with Crippen LogP contribution >= 0.6 is 0 Å². The number of rotatable bonds is 10. The first kappa shape index (κ1) is 24.3. The molecule has 1 atom stereocenters. The first-order valence-electron chi connectivity index (χ1n) is 11.4. The third-order valence-corrected chi connectivity index (χ3v) is 5.31. The van der Waals surface area contributed by atoms with E-state index in [1.165, 1.54) is 0 Å². The van der Waals surface area contributed by atoms with E-state index in [1.54, 1.807) is 6.92 Å². The fourth-order valence-corrected chi connectivity index (χ4v) is 3.80. The van der Waals surface area contributed by atoms with Gasteiger partial charge < -0.3 is 20.1 Å². The van der Waals surface area contributed by atoms with Gasteiger partial charge in [-0.25, -0.2) is 9.59 Å². The molecule has 0 radical (unpaired) electrons. The van der Waals surface area contributed by atoms with Crippen LogP contribution in [0.4, 0.5) is 4.79 Å². The molecule has 3 rings (SSSR count). The molecule has 0 aromatic heterocycles. The van der Waals surface area contributed by atoms with Crippen molar-refractivity contribution in [3.63, 3.8) is 0 Å². The average Bonchev–Trinajstić information content (AvgIpc) is 2.79. The van der Waals surface area contributed by atoms with Gasteiger partial charge >= 0.3 is 12.0 Å². The van der Waals surface area contributed by atoms with Crippen molar-refractivity contribution in [2.45, 2.75) is 46.4 Å². The number of ether oxygens (including phenoxy) is 2. The molecule has 0 saturated heterocycles. The minimum Gasteiger partial charge on any atom is -0.491 e. The maximum absolute atomic E-state index is 13.0. The van der Waals surface area contributed by atoms with Crippen molar-refractivity contribution in [3.05, 3.63) is 77.0 Å². The molecule has 7 heteroatoms. The molecule has 2 amide bonds. The van der Waals surface area contributed by atoms with Crippen LogP contribution in [0.15, 0.2) is 65.9 Å². The minimum atomic E-state index is -0.615. The van der Waals surface area contributed by atoms with Crippen molar-refractivity contribution in [2.24, 2.45) is 0 Å². The summed E-state index contributed by atoms with van der Waals surface area (Å²) in [6, 6.07) is 16.6. The third kappa shape index (κ3) is 6.58. The number of hydrogen-bond acceptors (Lipinski definition) is 5. The van der Waals surface area contributed by atoms with Crippen molar-refractivity contribution >= 4 is 12.0 Å². The first-order chi connectivity index (χ1) is 15.9. The Morgan fingerprint density at radius 3 is 2.33 bits per heavy atom. The van der Waals surface area contributed by atoms with Gasteiger partial charge in [-0.3, -0.25) is 4.90 Å². The SMILES string of the molecule is CCOC(=O)C1=C(CN(CC)Cc2ccccc2)NC(=O)N[C@H]1c1ccc(OC(C)C)cc1. The molecule has 0 spiro atoms. The molecule has 0 fully saturated rings. The van der Waals surface area contributed by atoms with Gasteiger partial charge in [0.05, 0.1) is 24.3 Å². The van der Waals surface area contributed by atoms with E-state index in [0.29, 0.717) is 24.4 Å². The Hall–Kier alpha value is -3.32. The molecule has 2 aromatic rings. The summed E-state index contributed by atoms with van der Waals surface area (Å²) in [6.07, 6.45) is 0.0562. The third-order valence-electron chi connectivity index (χ3n) is 5.31. The summed E-state index contributed by atoms with van der Waals surface area (Å²) in [4.78, 5) is 27.8. The average molecular weight is 452 g/mol. The second kappa shape index (κ2) is 11.5. The molecule has 1 heterocycles. The number of carbonyl (C=O) groups excluding carboxylic acids is 2. The Morgan fingerprint density at radius 2 is 1.73 bits per heavy atom. The quantitative estimate of drug-likeness (QED) is 0.530. The van der Waals surface area contributed by atoms with E-state index in [0.717, 1.165) is 23.4 Å². The van der Waals surface area contributed by atoms with Crippen LogP contribution in [-0.4, -0.2) is 42.7 Å². The lowest BCUT2D eigenvalue weighted by atomic mass is 9.94. The second-order valence-electron chi connectivity index (χ2n) is 8.17. The fourth-order valence-electron chi connectivity index (χ4n) is 3.80. The van der Waals surface area contributed by atoms with Crippen LogP contribution < -0.4 is 15.4 Å². The Labute approximate surface area is 195 Å². The maximum atomic E-state index is 13.0.